The van der Waals surface area contributed by atoms with Gasteiger partial charge in [0.1, 0.15) is 5.75 Å². The highest BCUT2D eigenvalue weighted by Crippen LogP contribution is 2.28. The Balaban J connectivity index is 2.09. The second-order valence-corrected chi connectivity index (χ2v) is 6.45. The van der Waals surface area contributed by atoms with Gasteiger partial charge in [0.2, 0.25) is 4.80 Å². The number of phenols is 1. The molecule has 4 nitrogen and oxygen atoms in total. The SMILES string of the molecule is CN=c1scc(-c2ccccc2Br)n1/N=C/c1cccc(O)c1. The Labute approximate surface area is 146 Å². The van der Waals surface area contributed by atoms with Crippen LogP contribution in [0.2, 0.25) is 0 Å². The molecule has 0 saturated heterocycles. The fourth-order valence-corrected chi connectivity index (χ4v) is 3.43. The number of thiazole rings is 1. The third kappa shape index (κ3) is 3.43. The van der Waals surface area contributed by atoms with Crippen LogP contribution in [-0.2, 0) is 0 Å². The van der Waals surface area contributed by atoms with E-state index in [4.69, 9.17) is 0 Å². The summed E-state index contributed by atoms with van der Waals surface area (Å²) in [5.41, 5.74) is 2.83. The first-order chi connectivity index (χ1) is 11.2. The van der Waals surface area contributed by atoms with Gasteiger partial charge in [0, 0.05) is 22.5 Å². The molecule has 0 atom stereocenters. The van der Waals surface area contributed by atoms with Gasteiger partial charge in [0.15, 0.2) is 0 Å². The first kappa shape index (κ1) is 15.7. The van der Waals surface area contributed by atoms with Gasteiger partial charge in [-0.1, -0.05) is 46.3 Å². The number of rotatable bonds is 3. The van der Waals surface area contributed by atoms with Crippen LogP contribution in [0.25, 0.3) is 11.3 Å². The maximum Gasteiger partial charge on any atom is 0.205 e. The van der Waals surface area contributed by atoms with Gasteiger partial charge >= 0.3 is 0 Å². The van der Waals surface area contributed by atoms with E-state index in [-0.39, 0.29) is 5.75 Å². The summed E-state index contributed by atoms with van der Waals surface area (Å²) in [4.78, 5) is 5.08. The minimum atomic E-state index is 0.218. The van der Waals surface area contributed by atoms with E-state index >= 15 is 0 Å². The number of aromatic nitrogens is 1. The van der Waals surface area contributed by atoms with Crippen LogP contribution >= 0.6 is 27.3 Å². The Morgan fingerprint density at radius 1 is 1.17 bits per heavy atom. The fraction of sp³-hybridized carbons (Fsp3) is 0.0588. The maximum absolute atomic E-state index is 9.55. The molecular formula is C17H14BrN3OS. The van der Waals surface area contributed by atoms with Gasteiger partial charge < -0.3 is 5.11 Å². The van der Waals surface area contributed by atoms with Crippen LogP contribution < -0.4 is 4.80 Å². The number of halogens is 1. The highest BCUT2D eigenvalue weighted by atomic mass is 79.9. The van der Waals surface area contributed by atoms with Crippen molar-refractivity contribution in [2.75, 3.05) is 7.05 Å². The third-order valence-corrected chi connectivity index (χ3v) is 4.82. The quantitative estimate of drug-likeness (QED) is 0.675. The molecule has 3 aromatic rings. The van der Waals surface area contributed by atoms with Crippen LogP contribution in [0.3, 0.4) is 0 Å². The molecule has 0 fully saturated rings. The summed E-state index contributed by atoms with van der Waals surface area (Å²) in [7, 11) is 1.75. The van der Waals surface area contributed by atoms with Crippen LogP contribution in [0, 0.1) is 0 Å². The van der Waals surface area contributed by atoms with E-state index in [2.05, 4.69) is 26.0 Å². The molecule has 6 heteroatoms. The lowest BCUT2D eigenvalue weighted by atomic mass is 10.2. The summed E-state index contributed by atoms with van der Waals surface area (Å²) in [6.45, 7) is 0. The van der Waals surface area contributed by atoms with Crippen molar-refractivity contribution in [3.05, 3.63) is 68.7 Å². The molecule has 3 rings (SSSR count). The maximum atomic E-state index is 9.55. The van der Waals surface area contributed by atoms with E-state index in [0.29, 0.717) is 0 Å². The van der Waals surface area contributed by atoms with Crippen molar-refractivity contribution in [3.8, 4) is 17.0 Å². The van der Waals surface area contributed by atoms with Crippen LogP contribution in [-0.4, -0.2) is 23.0 Å². The molecule has 23 heavy (non-hydrogen) atoms. The molecular weight excluding hydrogens is 374 g/mol. The average molecular weight is 388 g/mol. The normalized spacial score (nSPS) is 12.2. The molecule has 0 radical (unpaired) electrons. The highest BCUT2D eigenvalue weighted by molar-refractivity contribution is 9.10. The van der Waals surface area contributed by atoms with Crippen molar-refractivity contribution < 1.29 is 5.11 Å². The Morgan fingerprint density at radius 2 is 2.00 bits per heavy atom. The zero-order chi connectivity index (χ0) is 16.2. The Bertz CT molecular complexity index is 927. The zero-order valence-electron chi connectivity index (χ0n) is 12.3. The van der Waals surface area contributed by atoms with Crippen LogP contribution in [0.5, 0.6) is 5.75 Å². The average Bonchev–Trinajstić information content (AvgIpc) is 2.96. The van der Waals surface area contributed by atoms with E-state index in [9.17, 15) is 5.11 Å². The predicted molar refractivity (Wildman–Crippen MR) is 98.0 cm³/mol. The molecule has 0 aliphatic rings. The second-order valence-electron chi connectivity index (χ2n) is 4.76. The van der Waals surface area contributed by atoms with Gasteiger partial charge in [-0.25, -0.2) is 4.68 Å². The van der Waals surface area contributed by atoms with Gasteiger partial charge in [-0.3, -0.25) is 4.99 Å². The summed E-state index contributed by atoms with van der Waals surface area (Å²) >= 11 is 5.11. The molecule has 1 N–H and O–H groups in total. The van der Waals surface area contributed by atoms with Gasteiger partial charge in [-0.2, -0.15) is 5.10 Å². The Morgan fingerprint density at radius 3 is 2.74 bits per heavy atom. The highest BCUT2D eigenvalue weighted by Gasteiger charge is 2.09. The number of phenolic OH excluding ortho intramolecular Hbond substituents is 1. The number of aromatic hydroxyl groups is 1. The fourth-order valence-electron chi connectivity index (χ4n) is 2.15. The largest absolute Gasteiger partial charge is 0.508 e. The van der Waals surface area contributed by atoms with Crippen molar-refractivity contribution in [1.82, 2.24) is 4.68 Å². The molecule has 0 aliphatic carbocycles. The molecule has 0 unspecified atom stereocenters. The Hall–Kier alpha value is -2.18. The summed E-state index contributed by atoms with van der Waals surface area (Å²) < 4.78 is 2.80. The molecule has 0 saturated carbocycles. The number of hydrogen-bond donors (Lipinski definition) is 1. The van der Waals surface area contributed by atoms with Gasteiger partial charge in [0.05, 0.1) is 11.9 Å². The lowest BCUT2D eigenvalue weighted by Crippen LogP contribution is -2.11. The smallest absolute Gasteiger partial charge is 0.205 e. The van der Waals surface area contributed by atoms with Crippen molar-refractivity contribution in [2.45, 2.75) is 0 Å². The predicted octanol–water partition coefficient (Wildman–Crippen LogP) is 4.10. The van der Waals surface area contributed by atoms with E-state index in [0.717, 1.165) is 26.1 Å². The lowest BCUT2D eigenvalue weighted by molar-refractivity contribution is 0.475. The van der Waals surface area contributed by atoms with Crippen molar-refractivity contribution >= 4 is 33.5 Å². The van der Waals surface area contributed by atoms with E-state index in [1.165, 1.54) is 11.3 Å². The molecule has 0 aliphatic heterocycles. The minimum absolute atomic E-state index is 0.218. The number of nitrogens with zero attached hydrogens (tertiary/aromatic N) is 3. The van der Waals surface area contributed by atoms with Gasteiger partial charge in [0.25, 0.3) is 0 Å². The van der Waals surface area contributed by atoms with E-state index in [1.807, 2.05) is 35.7 Å². The van der Waals surface area contributed by atoms with E-state index in [1.54, 1.807) is 36.1 Å². The second kappa shape index (κ2) is 6.93. The first-order valence-electron chi connectivity index (χ1n) is 6.90. The summed E-state index contributed by atoms with van der Waals surface area (Å²) in [5.74, 6) is 0.218. The molecule has 116 valence electrons. The number of benzene rings is 2. The van der Waals surface area contributed by atoms with E-state index < -0.39 is 0 Å². The van der Waals surface area contributed by atoms with Crippen molar-refractivity contribution in [1.29, 1.82) is 0 Å². The molecule has 0 spiro atoms. The minimum Gasteiger partial charge on any atom is -0.508 e. The van der Waals surface area contributed by atoms with Gasteiger partial charge in [-0.15, -0.1) is 11.3 Å². The molecule has 1 aromatic heterocycles. The van der Waals surface area contributed by atoms with Crippen LogP contribution in [0.15, 0.2) is 68.5 Å². The summed E-state index contributed by atoms with van der Waals surface area (Å²) in [5, 5.41) is 16.1. The van der Waals surface area contributed by atoms with Gasteiger partial charge in [-0.05, 0) is 23.8 Å². The monoisotopic (exact) mass is 387 g/mol. The van der Waals surface area contributed by atoms with Crippen LogP contribution in [0.4, 0.5) is 0 Å². The molecule has 1 heterocycles. The molecule has 2 aromatic carbocycles. The molecule has 0 amide bonds. The third-order valence-electron chi connectivity index (χ3n) is 3.22. The van der Waals surface area contributed by atoms with Crippen molar-refractivity contribution in [2.24, 2.45) is 10.1 Å². The Kier molecular flexibility index (Phi) is 4.73. The summed E-state index contributed by atoms with van der Waals surface area (Å²) in [6, 6.07) is 15.0. The first-order valence-corrected chi connectivity index (χ1v) is 8.58. The zero-order valence-corrected chi connectivity index (χ0v) is 14.8. The lowest BCUT2D eigenvalue weighted by Gasteiger charge is -2.05. The van der Waals surface area contributed by atoms with Crippen molar-refractivity contribution in [3.63, 3.8) is 0 Å². The van der Waals surface area contributed by atoms with Crippen LogP contribution in [0.1, 0.15) is 5.56 Å². The topological polar surface area (TPSA) is 49.9 Å². The standard InChI is InChI=1S/C17H14BrN3OS/c1-19-17-21(20-10-12-5-4-6-13(22)9-12)16(11-23-17)14-7-2-3-8-15(14)18/h2-11,22H,1H3/b19-17?,20-10+. The molecule has 0 bridgehead atoms. The summed E-state index contributed by atoms with van der Waals surface area (Å²) in [6.07, 6.45) is 1.71. The number of hydrogen-bond acceptors (Lipinski definition) is 4.